The van der Waals surface area contributed by atoms with Gasteiger partial charge in [0.2, 0.25) is 5.75 Å². The maximum Gasteiger partial charge on any atom is 0.416 e. The van der Waals surface area contributed by atoms with Crippen molar-refractivity contribution in [2.45, 2.75) is 12.6 Å². The van der Waals surface area contributed by atoms with Crippen molar-refractivity contribution in [3.8, 4) is 27.8 Å². The molecule has 32 heavy (non-hydrogen) atoms. The fraction of sp³-hybridized carbons (Fsp3) is 0.273. The Labute approximate surface area is 187 Å². The molecule has 0 fully saturated rings. The lowest BCUT2D eigenvalue weighted by atomic mass is 10.1. The van der Waals surface area contributed by atoms with Crippen molar-refractivity contribution in [3.05, 3.63) is 58.6 Å². The van der Waals surface area contributed by atoms with Crippen LogP contribution in [0, 0.1) is 0 Å². The Morgan fingerprint density at radius 1 is 1.03 bits per heavy atom. The van der Waals surface area contributed by atoms with Gasteiger partial charge in [0.25, 0.3) is 5.91 Å². The molecule has 1 N–H and O–H groups in total. The number of methoxy groups -OCH3 is 3. The van der Waals surface area contributed by atoms with Crippen molar-refractivity contribution in [2.24, 2.45) is 0 Å². The molecule has 0 unspecified atom stereocenters. The van der Waals surface area contributed by atoms with E-state index in [4.69, 9.17) is 14.2 Å². The lowest BCUT2D eigenvalue weighted by molar-refractivity contribution is -0.137. The van der Waals surface area contributed by atoms with Gasteiger partial charge >= 0.3 is 6.18 Å². The number of hydrogen-bond acceptors (Lipinski definition) is 6. The fourth-order valence-corrected chi connectivity index (χ4v) is 3.83. The molecule has 0 bridgehead atoms. The van der Waals surface area contributed by atoms with Crippen molar-refractivity contribution in [1.29, 1.82) is 0 Å². The molecule has 6 nitrogen and oxygen atoms in total. The number of thiazole rings is 1. The van der Waals surface area contributed by atoms with Crippen LogP contribution in [0.1, 0.15) is 21.6 Å². The van der Waals surface area contributed by atoms with Gasteiger partial charge < -0.3 is 19.5 Å². The molecule has 1 heterocycles. The topological polar surface area (TPSA) is 69.7 Å². The van der Waals surface area contributed by atoms with Gasteiger partial charge in [-0.3, -0.25) is 4.79 Å². The normalized spacial score (nSPS) is 11.2. The molecular weight excluding hydrogens is 445 g/mol. The average Bonchev–Trinajstić information content (AvgIpc) is 3.26. The molecule has 1 amide bonds. The second-order valence-corrected chi connectivity index (χ2v) is 7.50. The lowest BCUT2D eigenvalue weighted by Crippen LogP contribution is -2.25. The first-order valence-electron chi connectivity index (χ1n) is 9.47. The molecule has 0 aliphatic rings. The Kier molecular flexibility index (Phi) is 7.24. The molecule has 0 aliphatic heterocycles. The molecule has 0 radical (unpaired) electrons. The highest BCUT2D eigenvalue weighted by atomic mass is 32.1. The number of halogens is 3. The predicted octanol–water partition coefficient (Wildman–Crippen LogP) is 4.83. The summed E-state index contributed by atoms with van der Waals surface area (Å²) in [5, 5.41) is 5.24. The van der Waals surface area contributed by atoms with Crippen LogP contribution in [0.15, 0.2) is 41.8 Å². The van der Waals surface area contributed by atoms with Crippen molar-refractivity contribution in [2.75, 3.05) is 27.9 Å². The van der Waals surface area contributed by atoms with Crippen molar-refractivity contribution >= 4 is 17.2 Å². The van der Waals surface area contributed by atoms with Gasteiger partial charge in [-0.25, -0.2) is 4.98 Å². The first kappa shape index (κ1) is 23.4. The Hall–Kier alpha value is -3.27. The van der Waals surface area contributed by atoms with Crippen LogP contribution in [-0.2, 0) is 12.6 Å². The number of carbonyl (C=O) groups is 1. The number of nitrogens with zero attached hydrogens (tertiary/aromatic N) is 1. The molecule has 0 spiro atoms. The molecule has 170 valence electrons. The second kappa shape index (κ2) is 9.90. The van der Waals surface area contributed by atoms with Gasteiger partial charge in [-0.1, -0.05) is 12.1 Å². The van der Waals surface area contributed by atoms with Crippen LogP contribution in [0.2, 0.25) is 0 Å². The quantitative estimate of drug-likeness (QED) is 0.515. The van der Waals surface area contributed by atoms with E-state index in [0.29, 0.717) is 46.3 Å². The van der Waals surface area contributed by atoms with Crippen LogP contribution in [0.3, 0.4) is 0 Å². The molecular formula is C22H21F3N2O4S. The highest BCUT2D eigenvalue weighted by Crippen LogP contribution is 2.38. The van der Waals surface area contributed by atoms with Crippen LogP contribution in [-0.4, -0.2) is 38.8 Å². The number of carbonyl (C=O) groups excluding carboxylic acids is 1. The van der Waals surface area contributed by atoms with Crippen molar-refractivity contribution < 1.29 is 32.2 Å². The van der Waals surface area contributed by atoms with E-state index in [1.807, 2.05) is 5.38 Å². The van der Waals surface area contributed by atoms with E-state index in [1.165, 1.54) is 44.8 Å². The summed E-state index contributed by atoms with van der Waals surface area (Å²) in [7, 11) is 4.41. The summed E-state index contributed by atoms with van der Waals surface area (Å²) in [5.74, 6) is 0.822. The Balaban J connectivity index is 1.62. The zero-order valence-electron chi connectivity index (χ0n) is 17.6. The largest absolute Gasteiger partial charge is 0.493 e. The minimum absolute atomic E-state index is 0.317. The van der Waals surface area contributed by atoms with Gasteiger partial charge in [0.15, 0.2) is 11.5 Å². The number of aromatic nitrogens is 1. The Morgan fingerprint density at radius 3 is 2.19 bits per heavy atom. The van der Waals surface area contributed by atoms with Gasteiger partial charge in [-0.2, -0.15) is 13.2 Å². The highest BCUT2D eigenvalue weighted by Gasteiger charge is 2.30. The first-order chi connectivity index (χ1) is 15.3. The van der Waals surface area contributed by atoms with Crippen molar-refractivity contribution in [1.82, 2.24) is 10.3 Å². The third-order valence-electron chi connectivity index (χ3n) is 4.60. The molecule has 10 heteroatoms. The summed E-state index contributed by atoms with van der Waals surface area (Å²) < 4.78 is 53.9. The van der Waals surface area contributed by atoms with Gasteiger partial charge in [0.1, 0.15) is 5.01 Å². The fourth-order valence-electron chi connectivity index (χ4n) is 2.97. The van der Waals surface area contributed by atoms with E-state index in [9.17, 15) is 18.0 Å². The molecule has 0 saturated heterocycles. The molecule has 2 aromatic carbocycles. The van der Waals surface area contributed by atoms with E-state index in [2.05, 4.69) is 10.3 Å². The average molecular weight is 466 g/mol. The van der Waals surface area contributed by atoms with E-state index in [1.54, 1.807) is 12.1 Å². The molecule has 0 aliphatic carbocycles. The number of alkyl halides is 3. The van der Waals surface area contributed by atoms with Gasteiger partial charge in [0, 0.05) is 29.5 Å². The van der Waals surface area contributed by atoms with E-state index in [0.717, 1.165) is 17.8 Å². The van der Waals surface area contributed by atoms with Crippen LogP contribution >= 0.6 is 11.3 Å². The zero-order chi connectivity index (χ0) is 23.3. The number of rotatable bonds is 8. The lowest BCUT2D eigenvalue weighted by Gasteiger charge is -2.14. The maximum absolute atomic E-state index is 12.7. The smallest absolute Gasteiger partial charge is 0.416 e. The van der Waals surface area contributed by atoms with Gasteiger partial charge in [-0.15, -0.1) is 11.3 Å². The summed E-state index contributed by atoms with van der Waals surface area (Å²) in [5.41, 5.74) is 0.988. The minimum Gasteiger partial charge on any atom is -0.493 e. The molecule has 1 aromatic heterocycles. The zero-order valence-corrected chi connectivity index (χ0v) is 18.4. The molecule has 0 saturated carbocycles. The molecule has 0 atom stereocenters. The number of benzene rings is 2. The summed E-state index contributed by atoms with van der Waals surface area (Å²) >= 11 is 1.33. The number of ether oxygens (including phenoxy) is 3. The maximum atomic E-state index is 12.7. The summed E-state index contributed by atoms with van der Waals surface area (Å²) in [6.07, 6.45) is -3.91. The van der Waals surface area contributed by atoms with Gasteiger partial charge in [-0.05, 0) is 24.3 Å². The summed E-state index contributed by atoms with van der Waals surface area (Å²) in [4.78, 5) is 17.0. The Bertz CT molecular complexity index is 1060. The molecule has 3 aromatic rings. The summed E-state index contributed by atoms with van der Waals surface area (Å²) in [6.45, 7) is 0.325. The van der Waals surface area contributed by atoms with E-state index < -0.39 is 11.7 Å². The summed E-state index contributed by atoms with van der Waals surface area (Å²) in [6, 6.07) is 7.99. The standard InChI is InChI=1S/C22H21F3N2O4S/c1-29-17-10-14(11-18(30-2)19(17)31-3)20(28)26-9-8-16-12-32-21(27-16)13-4-6-15(7-5-13)22(23,24)25/h4-7,10-12H,8-9H2,1-3H3,(H,26,28). The monoisotopic (exact) mass is 466 g/mol. The van der Waals surface area contributed by atoms with Crippen LogP contribution in [0.25, 0.3) is 10.6 Å². The van der Waals surface area contributed by atoms with Crippen LogP contribution in [0.4, 0.5) is 13.2 Å². The predicted molar refractivity (Wildman–Crippen MR) is 115 cm³/mol. The highest BCUT2D eigenvalue weighted by molar-refractivity contribution is 7.13. The van der Waals surface area contributed by atoms with Crippen LogP contribution < -0.4 is 19.5 Å². The SMILES string of the molecule is COc1cc(C(=O)NCCc2csc(-c3ccc(C(F)(F)F)cc3)n2)cc(OC)c1OC. The number of nitrogens with one attached hydrogen (secondary N) is 1. The van der Waals surface area contributed by atoms with E-state index in [-0.39, 0.29) is 5.91 Å². The van der Waals surface area contributed by atoms with Crippen molar-refractivity contribution in [3.63, 3.8) is 0 Å². The van der Waals surface area contributed by atoms with E-state index >= 15 is 0 Å². The molecule has 3 rings (SSSR count). The Morgan fingerprint density at radius 2 is 1.66 bits per heavy atom. The number of amides is 1. The van der Waals surface area contributed by atoms with Crippen LogP contribution in [0.5, 0.6) is 17.2 Å². The third-order valence-corrected chi connectivity index (χ3v) is 5.54. The third kappa shape index (κ3) is 5.31. The van der Waals surface area contributed by atoms with Gasteiger partial charge in [0.05, 0.1) is 32.6 Å². The minimum atomic E-state index is -4.37. The second-order valence-electron chi connectivity index (χ2n) is 6.64. The first-order valence-corrected chi connectivity index (χ1v) is 10.3. The number of hydrogen-bond donors (Lipinski definition) is 1.